The quantitative estimate of drug-likeness (QED) is 0.881. The molecule has 1 aromatic heterocycles. The van der Waals surface area contributed by atoms with Crippen LogP contribution in [0.3, 0.4) is 0 Å². The lowest BCUT2D eigenvalue weighted by Gasteiger charge is -2.11. The number of halogens is 1. The van der Waals surface area contributed by atoms with Gasteiger partial charge in [-0.25, -0.2) is 4.98 Å². The molecule has 0 radical (unpaired) electrons. The lowest BCUT2D eigenvalue weighted by molar-refractivity contribution is 0.638. The first kappa shape index (κ1) is 13.1. The third kappa shape index (κ3) is 3.13. The lowest BCUT2D eigenvalue weighted by Crippen LogP contribution is -2.03. The van der Waals surface area contributed by atoms with E-state index in [-0.39, 0.29) is 0 Å². The van der Waals surface area contributed by atoms with E-state index in [1.807, 2.05) is 12.4 Å². The average molecular weight is 308 g/mol. The lowest BCUT2D eigenvalue weighted by atomic mass is 10.2. The van der Waals surface area contributed by atoms with Crippen LogP contribution in [0, 0.1) is 6.92 Å². The maximum absolute atomic E-state index is 4.36. The molecule has 3 nitrogen and oxygen atoms in total. The number of nitrogens with one attached hydrogen (secondary N) is 1. The maximum Gasteiger partial charge on any atom is 0.207 e. The predicted octanol–water partition coefficient (Wildman–Crippen LogP) is 4.50. The van der Waals surface area contributed by atoms with Crippen molar-refractivity contribution in [3.8, 4) is 0 Å². The normalized spacial score (nSPS) is 10.6. The molecular formula is C14H18BrN3. The zero-order valence-electron chi connectivity index (χ0n) is 10.8. The molecule has 1 N–H and O–H groups in total. The standard InChI is InChI=1S/C14H18BrN3/c1-3-4-8-18-9-7-16-14(18)17-13-6-5-11(2)10-12(13)15/h5-7,9-10H,3-4,8H2,1-2H3,(H,16,17). The highest BCUT2D eigenvalue weighted by molar-refractivity contribution is 9.10. The van der Waals surface area contributed by atoms with Crippen LogP contribution in [-0.2, 0) is 6.54 Å². The van der Waals surface area contributed by atoms with Gasteiger partial charge in [-0.2, -0.15) is 0 Å². The van der Waals surface area contributed by atoms with Gasteiger partial charge in [0.05, 0.1) is 5.69 Å². The third-order valence-corrected chi connectivity index (χ3v) is 3.50. The van der Waals surface area contributed by atoms with Crippen molar-refractivity contribution in [2.75, 3.05) is 5.32 Å². The van der Waals surface area contributed by atoms with Crippen molar-refractivity contribution < 1.29 is 0 Å². The Morgan fingerprint density at radius 3 is 2.94 bits per heavy atom. The summed E-state index contributed by atoms with van der Waals surface area (Å²) in [5.74, 6) is 0.896. The summed E-state index contributed by atoms with van der Waals surface area (Å²) in [5, 5.41) is 3.36. The van der Waals surface area contributed by atoms with Crippen molar-refractivity contribution in [1.82, 2.24) is 9.55 Å². The summed E-state index contributed by atoms with van der Waals surface area (Å²) in [6.07, 6.45) is 6.20. The Morgan fingerprint density at radius 1 is 1.39 bits per heavy atom. The number of hydrogen-bond acceptors (Lipinski definition) is 2. The minimum absolute atomic E-state index is 0.896. The van der Waals surface area contributed by atoms with Crippen LogP contribution in [0.1, 0.15) is 25.3 Å². The highest BCUT2D eigenvalue weighted by Gasteiger charge is 2.05. The molecule has 18 heavy (non-hydrogen) atoms. The maximum atomic E-state index is 4.36. The molecule has 0 spiro atoms. The Labute approximate surface area is 116 Å². The van der Waals surface area contributed by atoms with E-state index in [2.05, 4.69) is 62.8 Å². The van der Waals surface area contributed by atoms with Gasteiger partial charge >= 0.3 is 0 Å². The van der Waals surface area contributed by atoms with Crippen LogP contribution in [0.5, 0.6) is 0 Å². The van der Waals surface area contributed by atoms with E-state index in [1.54, 1.807) is 0 Å². The van der Waals surface area contributed by atoms with Gasteiger partial charge in [0.2, 0.25) is 5.95 Å². The van der Waals surface area contributed by atoms with E-state index in [0.717, 1.165) is 22.7 Å². The van der Waals surface area contributed by atoms with E-state index in [9.17, 15) is 0 Å². The van der Waals surface area contributed by atoms with Crippen molar-refractivity contribution in [3.05, 3.63) is 40.6 Å². The Morgan fingerprint density at radius 2 is 2.22 bits per heavy atom. The molecule has 4 heteroatoms. The molecule has 0 saturated carbocycles. The van der Waals surface area contributed by atoms with Gasteiger partial charge in [0.15, 0.2) is 0 Å². The number of rotatable bonds is 5. The van der Waals surface area contributed by atoms with Crippen LogP contribution >= 0.6 is 15.9 Å². The predicted molar refractivity (Wildman–Crippen MR) is 79.3 cm³/mol. The second-order valence-electron chi connectivity index (χ2n) is 4.41. The third-order valence-electron chi connectivity index (χ3n) is 2.84. The van der Waals surface area contributed by atoms with Crippen LogP contribution in [0.2, 0.25) is 0 Å². The molecule has 0 bridgehead atoms. The number of hydrogen-bond donors (Lipinski definition) is 1. The van der Waals surface area contributed by atoms with E-state index < -0.39 is 0 Å². The minimum atomic E-state index is 0.896. The van der Waals surface area contributed by atoms with Gasteiger partial charge in [-0.15, -0.1) is 0 Å². The number of anilines is 2. The van der Waals surface area contributed by atoms with Crippen LogP contribution < -0.4 is 5.32 Å². The van der Waals surface area contributed by atoms with Crippen molar-refractivity contribution in [3.63, 3.8) is 0 Å². The van der Waals surface area contributed by atoms with E-state index in [1.165, 1.54) is 18.4 Å². The number of aryl methyl sites for hydroxylation is 2. The fourth-order valence-electron chi connectivity index (χ4n) is 1.78. The Kier molecular flexibility index (Phi) is 4.42. The molecule has 1 heterocycles. The Balaban J connectivity index is 2.15. The average Bonchev–Trinajstić information content (AvgIpc) is 2.77. The molecule has 0 amide bonds. The molecule has 0 unspecified atom stereocenters. The van der Waals surface area contributed by atoms with Crippen LogP contribution in [0.25, 0.3) is 0 Å². The molecule has 0 aliphatic heterocycles. The van der Waals surface area contributed by atoms with Gasteiger partial charge in [0.1, 0.15) is 0 Å². The van der Waals surface area contributed by atoms with Gasteiger partial charge in [0, 0.05) is 23.4 Å². The molecule has 96 valence electrons. The first-order chi connectivity index (χ1) is 8.70. The number of aromatic nitrogens is 2. The number of nitrogens with zero attached hydrogens (tertiary/aromatic N) is 2. The van der Waals surface area contributed by atoms with Gasteiger partial charge in [0.25, 0.3) is 0 Å². The summed E-state index contributed by atoms with van der Waals surface area (Å²) in [4.78, 5) is 4.36. The van der Waals surface area contributed by atoms with Crippen molar-refractivity contribution >= 4 is 27.6 Å². The Hall–Kier alpha value is -1.29. The van der Waals surface area contributed by atoms with Gasteiger partial charge < -0.3 is 9.88 Å². The zero-order chi connectivity index (χ0) is 13.0. The van der Waals surface area contributed by atoms with E-state index in [0.29, 0.717) is 0 Å². The first-order valence-electron chi connectivity index (χ1n) is 6.25. The highest BCUT2D eigenvalue weighted by Crippen LogP contribution is 2.26. The monoisotopic (exact) mass is 307 g/mol. The van der Waals surface area contributed by atoms with Gasteiger partial charge in [-0.05, 0) is 47.0 Å². The molecule has 0 atom stereocenters. The summed E-state index contributed by atoms with van der Waals surface area (Å²) >= 11 is 3.57. The molecule has 0 aliphatic rings. The van der Waals surface area contributed by atoms with E-state index in [4.69, 9.17) is 0 Å². The summed E-state index contributed by atoms with van der Waals surface area (Å²) in [6.45, 7) is 5.28. The fraction of sp³-hybridized carbons (Fsp3) is 0.357. The topological polar surface area (TPSA) is 29.9 Å². The summed E-state index contributed by atoms with van der Waals surface area (Å²) in [5.41, 5.74) is 2.28. The van der Waals surface area contributed by atoms with Crippen molar-refractivity contribution in [2.45, 2.75) is 33.2 Å². The Bertz CT molecular complexity index is 520. The molecular weight excluding hydrogens is 290 g/mol. The smallest absolute Gasteiger partial charge is 0.207 e. The van der Waals surface area contributed by atoms with Crippen LogP contribution in [0.4, 0.5) is 11.6 Å². The van der Waals surface area contributed by atoms with Gasteiger partial charge in [-0.3, -0.25) is 0 Å². The second kappa shape index (κ2) is 6.05. The molecule has 0 aliphatic carbocycles. The molecule has 0 saturated heterocycles. The largest absolute Gasteiger partial charge is 0.325 e. The number of unbranched alkanes of at least 4 members (excludes halogenated alkanes) is 1. The second-order valence-corrected chi connectivity index (χ2v) is 5.26. The minimum Gasteiger partial charge on any atom is -0.325 e. The molecule has 2 aromatic rings. The first-order valence-corrected chi connectivity index (χ1v) is 7.04. The number of imidazole rings is 1. The van der Waals surface area contributed by atoms with Crippen molar-refractivity contribution in [1.29, 1.82) is 0 Å². The zero-order valence-corrected chi connectivity index (χ0v) is 12.4. The summed E-state index contributed by atoms with van der Waals surface area (Å²) in [6, 6.07) is 6.26. The fourth-order valence-corrected chi connectivity index (χ4v) is 2.38. The molecule has 1 aromatic carbocycles. The SMILES string of the molecule is CCCCn1ccnc1Nc1ccc(C)cc1Br. The molecule has 0 fully saturated rings. The molecule has 2 rings (SSSR count). The van der Waals surface area contributed by atoms with Crippen LogP contribution in [-0.4, -0.2) is 9.55 Å². The van der Waals surface area contributed by atoms with Crippen molar-refractivity contribution in [2.24, 2.45) is 0 Å². The number of benzene rings is 1. The van der Waals surface area contributed by atoms with Gasteiger partial charge in [-0.1, -0.05) is 19.4 Å². The highest BCUT2D eigenvalue weighted by atomic mass is 79.9. The van der Waals surface area contributed by atoms with E-state index >= 15 is 0 Å². The summed E-state index contributed by atoms with van der Waals surface area (Å²) < 4.78 is 3.21. The summed E-state index contributed by atoms with van der Waals surface area (Å²) in [7, 11) is 0. The van der Waals surface area contributed by atoms with Crippen LogP contribution in [0.15, 0.2) is 35.1 Å².